The summed E-state index contributed by atoms with van der Waals surface area (Å²) in [5.74, 6) is 0.233. The van der Waals surface area contributed by atoms with Gasteiger partial charge in [0.05, 0.1) is 20.1 Å². The molecule has 0 saturated carbocycles. The summed E-state index contributed by atoms with van der Waals surface area (Å²) in [7, 11) is 1.53. The van der Waals surface area contributed by atoms with E-state index in [-0.39, 0.29) is 12.4 Å². The molecular weight excluding hydrogens is 242 g/mol. The van der Waals surface area contributed by atoms with Gasteiger partial charge >= 0.3 is 5.97 Å². The van der Waals surface area contributed by atoms with Crippen molar-refractivity contribution in [1.29, 1.82) is 0 Å². The number of hydrogen-bond acceptors (Lipinski definition) is 4. The van der Waals surface area contributed by atoms with E-state index in [4.69, 9.17) is 26.8 Å². The lowest BCUT2D eigenvalue weighted by atomic mass is 10.0. The monoisotopic (exact) mass is 257 g/mol. The number of nitrogens with two attached hydrogens (primary N) is 1. The minimum atomic E-state index is -0.530. The first-order chi connectivity index (χ1) is 8.10. The van der Waals surface area contributed by atoms with Gasteiger partial charge in [-0.3, -0.25) is 4.79 Å². The number of rotatable bonds is 5. The van der Waals surface area contributed by atoms with Gasteiger partial charge in [-0.25, -0.2) is 0 Å². The maximum atomic E-state index is 11.4. The van der Waals surface area contributed by atoms with E-state index in [0.29, 0.717) is 22.9 Å². The summed E-state index contributed by atoms with van der Waals surface area (Å²) >= 11 is 6.05. The van der Waals surface area contributed by atoms with Crippen molar-refractivity contribution in [3.8, 4) is 5.75 Å². The Balaban J connectivity index is 2.87. The van der Waals surface area contributed by atoms with Crippen LogP contribution in [0.25, 0.3) is 0 Å². The third kappa shape index (κ3) is 3.61. The van der Waals surface area contributed by atoms with Crippen LogP contribution in [0, 0.1) is 0 Å². The fourth-order valence-corrected chi connectivity index (χ4v) is 1.86. The van der Waals surface area contributed by atoms with Gasteiger partial charge in [-0.05, 0) is 19.1 Å². The Kier molecular flexibility index (Phi) is 5.25. The van der Waals surface area contributed by atoms with Crippen LogP contribution in [0.2, 0.25) is 5.02 Å². The maximum absolute atomic E-state index is 11.4. The van der Waals surface area contributed by atoms with Crippen LogP contribution in [0.1, 0.15) is 24.9 Å². The van der Waals surface area contributed by atoms with Crippen molar-refractivity contribution < 1.29 is 14.3 Å². The number of carbonyl (C=O) groups excluding carboxylic acids is 1. The molecule has 0 radical (unpaired) electrons. The number of halogens is 1. The lowest BCUT2D eigenvalue weighted by Gasteiger charge is -2.16. The summed E-state index contributed by atoms with van der Waals surface area (Å²) in [6.07, 6.45) is 0.0773. The second-order valence-electron chi connectivity index (χ2n) is 3.47. The van der Waals surface area contributed by atoms with E-state index in [0.717, 1.165) is 0 Å². The molecule has 0 amide bonds. The van der Waals surface area contributed by atoms with Crippen LogP contribution in [-0.4, -0.2) is 19.7 Å². The molecule has 0 aromatic heterocycles. The number of methoxy groups -OCH3 is 1. The fraction of sp³-hybridized carbons (Fsp3) is 0.417. The van der Waals surface area contributed by atoms with Crippen molar-refractivity contribution in [2.24, 2.45) is 5.73 Å². The van der Waals surface area contributed by atoms with Crippen LogP contribution < -0.4 is 10.5 Å². The molecule has 0 spiro atoms. The van der Waals surface area contributed by atoms with Crippen LogP contribution in [0.4, 0.5) is 0 Å². The van der Waals surface area contributed by atoms with Crippen LogP contribution in [0.3, 0.4) is 0 Å². The highest BCUT2D eigenvalue weighted by atomic mass is 35.5. The topological polar surface area (TPSA) is 61.5 Å². The largest absolute Gasteiger partial charge is 0.496 e. The highest BCUT2D eigenvalue weighted by Crippen LogP contribution is 2.32. The summed E-state index contributed by atoms with van der Waals surface area (Å²) in [5, 5.41) is 0.487. The van der Waals surface area contributed by atoms with E-state index < -0.39 is 6.04 Å². The predicted molar refractivity (Wildman–Crippen MR) is 66.2 cm³/mol. The summed E-state index contributed by atoms with van der Waals surface area (Å²) in [6, 6.07) is 4.70. The van der Waals surface area contributed by atoms with Gasteiger partial charge in [0.2, 0.25) is 0 Å². The van der Waals surface area contributed by atoms with Gasteiger partial charge in [-0.2, -0.15) is 0 Å². The van der Waals surface area contributed by atoms with Gasteiger partial charge in [-0.15, -0.1) is 0 Å². The quantitative estimate of drug-likeness (QED) is 0.823. The van der Waals surface area contributed by atoms with Crippen molar-refractivity contribution >= 4 is 17.6 Å². The average molecular weight is 258 g/mol. The second-order valence-corrected chi connectivity index (χ2v) is 3.88. The van der Waals surface area contributed by atoms with Gasteiger partial charge in [0.15, 0.2) is 0 Å². The smallest absolute Gasteiger partial charge is 0.307 e. The molecule has 2 N–H and O–H groups in total. The first-order valence-electron chi connectivity index (χ1n) is 5.33. The van der Waals surface area contributed by atoms with E-state index in [2.05, 4.69) is 0 Å². The summed E-state index contributed by atoms with van der Waals surface area (Å²) in [4.78, 5) is 11.4. The van der Waals surface area contributed by atoms with Crippen molar-refractivity contribution in [2.75, 3.05) is 13.7 Å². The molecule has 0 aliphatic rings. The van der Waals surface area contributed by atoms with Crippen molar-refractivity contribution in [3.05, 3.63) is 28.8 Å². The molecular formula is C12H16ClNO3. The molecule has 1 rings (SSSR count). The molecule has 5 heteroatoms. The molecule has 0 fully saturated rings. The first-order valence-corrected chi connectivity index (χ1v) is 5.71. The number of benzene rings is 1. The molecule has 17 heavy (non-hydrogen) atoms. The third-order valence-electron chi connectivity index (χ3n) is 2.30. The molecule has 1 unspecified atom stereocenters. The van der Waals surface area contributed by atoms with E-state index >= 15 is 0 Å². The Labute approximate surface area is 106 Å². The van der Waals surface area contributed by atoms with Crippen LogP contribution in [0.5, 0.6) is 5.75 Å². The molecule has 1 aromatic carbocycles. The number of carbonyl (C=O) groups is 1. The fourth-order valence-electron chi connectivity index (χ4n) is 1.56. The zero-order valence-electron chi connectivity index (χ0n) is 9.90. The van der Waals surface area contributed by atoms with E-state index in [1.807, 2.05) is 0 Å². The van der Waals surface area contributed by atoms with Gasteiger partial charge < -0.3 is 15.2 Å². The number of ether oxygens (including phenoxy) is 2. The van der Waals surface area contributed by atoms with Crippen LogP contribution in [-0.2, 0) is 9.53 Å². The number of esters is 1. The zero-order valence-corrected chi connectivity index (χ0v) is 10.7. The van der Waals surface area contributed by atoms with Gasteiger partial charge in [0.1, 0.15) is 5.75 Å². The Bertz CT molecular complexity index is 395. The molecule has 1 atom stereocenters. The maximum Gasteiger partial charge on any atom is 0.307 e. The summed E-state index contributed by atoms with van der Waals surface area (Å²) in [6.45, 7) is 2.09. The Morgan fingerprint density at radius 2 is 2.24 bits per heavy atom. The zero-order chi connectivity index (χ0) is 12.8. The van der Waals surface area contributed by atoms with Crippen LogP contribution in [0.15, 0.2) is 18.2 Å². The molecule has 0 saturated heterocycles. The normalized spacial score (nSPS) is 12.0. The molecule has 94 valence electrons. The highest BCUT2D eigenvalue weighted by molar-refractivity contribution is 6.31. The van der Waals surface area contributed by atoms with Crippen LogP contribution >= 0.6 is 11.6 Å². The molecule has 0 aliphatic carbocycles. The lowest BCUT2D eigenvalue weighted by Crippen LogP contribution is -2.18. The van der Waals surface area contributed by atoms with Crippen molar-refractivity contribution in [2.45, 2.75) is 19.4 Å². The average Bonchev–Trinajstić information content (AvgIpc) is 2.28. The Morgan fingerprint density at radius 3 is 2.82 bits per heavy atom. The first kappa shape index (κ1) is 13.8. The predicted octanol–water partition coefficient (Wildman–Crippen LogP) is 2.30. The van der Waals surface area contributed by atoms with Crippen molar-refractivity contribution in [3.63, 3.8) is 0 Å². The SMILES string of the molecule is CCOC(=O)CC(N)c1c(Cl)cccc1OC. The van der Waals surface area contributed by atoms with Gasteiger partial charge in [-0.1, -0.05) is 17.7 Å². The molecule has 0 heterocycles. The minimum absolute atomic E-state index is 0.0773. The van der Waals surface area contributed by atoms with E-state index in [1.165, 1.54) is 7.11 Å². The molecule has 1 aromatic rings. The highest BCUT2D eigenvalue weighted by Gasteiger charge is 2.19. The lowest BCUT2D eigenvalue weighted by molar-refractivity contribution is -0.143. The summed E-state index contributed by atoms with van der Waals surface area (Å²) in [5.41, 5.74) is 6.57. The second kappa shape index (κ2) is 6.47. The Morgan fingerprint density at radius 1 is 1.53 bits per heavy atom. The van der Waals surface area contributed by atoms with Gasteiger partial charge in [0.25, 0.3) is 0 Å². The van der Waals surface area contributed by atoms with E-state index in [9.17, 15) is 4.79 Å². The van der Waals surface area contributed by atoms with E-state index in [1.54, 1.807) is 25.1 Å². The molecule has 4 nitrogen and oxygen atoms in total. The van der Waals surface area contributed by atoms with Gasteiger partial charge in [0, 0.05) is 16.6 Å². The third-order valence-corrected chi connectivity index (χ3v) is 2.63. The molecule has 0 bridgehead atoms. The summed E-state index contributed by atoms with van der Waals surface area (Å²) < 4.78 is 10.0. The minimum Gasteiger partial charge on any atom is -0.496 e. The number of hydrogen-bond donors (Lipinski definition) is 1. The Hall–Kier alpha value is -1.26. The standard InChI is InChI=1S/C12H16ClNO3/c1-3-17-11(15)7-9(14)12-8(13)5-4-6-10(12)16-2/h4-6,9H,3,7,14H2,1-2H3. The van der Waals surface area contributed by atoms with Crippen molar-refractivity contribution in [1.82, 2.24) is 0 Å². The molecule has 0 aliphatic heterocycles.